The topological polar surface area (TPSA) is 171 Å². The Hall–Kier alpha value is -3.02. The van der Waals surface area contributed by atoms with Crippen LogP contribution in [0.2, 0.25) is 0 Å². The van der Waals surface area contributed by atoms with Crippen molar-refractivity contribution >= 4 is 23.9 Å². The summed E-state index contributed by atoms with van der Waals surface area (Å²) in [6.07, 6.45) is -2.27. The lowest BCUT2D eigenvalue weighted by Crippen LogP contribution is -2.53. The van der Waals surface area contributed by atoms with Gasteiger partial charge in [0.15, 0.2) is 12.2 Å². The predicted octanol–water partition coefficient (Wildman–Crippen LogP) is -0.255. The molecule has 11 nitrogen and oxygen atoms in total. The van der Waals surface area contributed by atoms with Gasteiger partial charge in [-0.05, 0) is 32.0 Å². The molecule has 1 aromatic carbocycles. The van der Waals surface area contributed by atoms with E-state index < -0.39 is 36.2 Å². The number of methoxy groups -OCH3 is 1. The summed E-state index contributed by atoms with van der Waals surface area (Å²) in [5.74, 6) is -4.60. The number of hydrogen-bond donors (Lipinski definition) is 4. The second-order valence-electron chi connectivity index (χ2n) is 7.62. The van der Waals surface area contributed by atoms with Crippen LogP contribution in [0.15, 0.2) is 30.3 Å². The van der Waals surface area contributed by atoms with Crippen LogP contribution in [0, 0.1) is 5.92 Å². The third kappa shape index (κ3) is 5.81. The lowest BCUT2D eigenvalue weighted by Gasteiger charge is -2.40. The number of carboxylic acid groups (broad SMARTS) is 2. The van der Waals surface area contributed by atoms with Gasteiger partial charge in [-0.25, -0.2) is 14.4 Å². The lowest BCUT2D eigenvalue weighted by molar-refractivity contribution is -0.165. The van der Waals surface area contributed by atoms with Gasteiger partial charge < -0.3 is 29.9 Å². The second-order valence-corrected chi connectivity index (χ2v) is 7.62. The van der Waals surface area contributed by atoms with Crippen molar-refractivity contribution in [3.05, 3.63) is 35.9 Å². The van der Waals surface area contributed by atoms with Crippen LogP contribution in [0.4, 0.5) is 0 Å². The average molecular weight is 453 g/mol. The zero-order valence-electron chi connectivity index (χ0n) is 17.7. The molecular weight excluding hydrogens is 426 g/mol. The van der Waals surface area contributed by atoms with Gasteiger partial charge in [0.05, 0.1) is 12.7 Å². The molecule has 2 unspecified atom stereocenters. The quantitative estimate of drug-likeness (QED) is 0.418. The van der Waals surface area contributed by atoms with Crippen LogP contribution in [0.3, 0.4) is 0 Å². The SMILES string of the molecule is COC(=O)[C@@H]1[C@@H](OC(=O)c2ccccc2)C[C@@H]2CC[C@H]1N2C.O=C(O)C(O)C(O)C(=O)O. The summed E-state index contributed by atoms with van der Waals surface area (Å²) >= 11 is 0. The average Bonchev–Trinajstić information content (AvgIpc) is 3.01. The van der Waals surface area contributed by atoms with Gasteiger partial charge >= 0.3 is 23.9 Å². The molecule has 0 aromatic heterocycles. The molecule has 2 saturated heterocycles. The fraction of sp³-hybridized carbons (Fsp3) is 0.524. The maximum absolute atomic E-state index is 12.3. The Kier molecular flexibility index (Phi) is 8.70. The summed E-state index contributed by atoms with van der Waals surface area (Å²) < 4.78 is 10.6. The Balaban J connectivity index is 0.000000309. The van der Waals surface area contributed by atoms with Crippen molar-refractivity contribution in [2.75, 3.05) is 14.2 Å². The van der Waals surface area contributed by atoms with Gasteiger partial charge in [0.1, 0.15) is 12.0 Å². The first-order valence-corrected chi connectivity index (χ1v) is 9.96. The number of nitrogens with zero attached hydrogens (tertiary/aromatic N) is 1. The van der Waals surface area contributed by atoms with E-state index >= 15 is 0 Å². The van der Waals surface area contributed by atoms with Crippen molar-refractivity contribution in [1.29, 1.82) is 0 Å². The minimum Gasteiger partial charge on any atom is -0.479 e. The normalized spacial score (nSPS) is 26.1. The van der Waals surface area contributed by atoms with Crippen LogP contribution in [0.1, 0.15) is 29.6 Å². The number of rotatable bonds is 6. The number of hydrogen-bond acceptors (Lipinski definition) is 9. The van der Waals surface area contributed by atoms with Crippen molar-refractivity contribution in [3.8, 4) is 0 Å². The maximum Gasteiger partial charge on any atom is 0.338 e. The standard InChI is InChI=1S/C17H21NO4.C4H6O6/c1-18-12-8-9-13(18)15(17(20)21-2)14(10-12)22-16(19)11-6-4-3-5-7-11;5-1(3(7)8)2(6)4(9)10/h3-7,12-15H,8-10H2,1-2H3;1-2,5-6H,(H,7,8)(H,9,10)/t12-,13+,14-,15-;/m0./s1. The van der Waals surface area contributed by atoms with E-state index in [4.69, 9.17) is 29.9 Å². The van der Waals surface area contributed by atoms with E-state index in [0.29, 0.717) is 18.0 Å². The maximum atomic E-state index is 12.3. The van der Waals surface area contributed by atoms with Gasteiger partial charge in [0.25, 0.3) is 0 Å². The van der Waals surface area contributed by atoms with Crippen molar-refractivity contribution in [2.24, 2.45) is 5.92 Å². The van der Waals surface area contributed by atoms with Crippen molar-refractivity contribution < 1.29 is 49.1 Å². The van der Waals surface area contributed by atoms with Gasteiger partial charge in [0.2, 0.25) is 0 Å². The molecule has 2 bridgehead atoms. The Morgan fingerprint density at radius 2 is 1.56 bits per heavy atom. The Morgan fingerprint density at radius 3 is 2.06 bits per heavy atom. The van der Waals surface area contributed by atoms with E-state index in [1.807, 2.05) is 13.1 Å². The number of carbonyl (C=O) groups is 4. The summed E-state index contributed by atoms with van der Waals surface area (Å²) in [4.78, 5) is 46.3. The summed E-state index contributed by atoms with van der Waals surface area (Å²) in [6.45, 7) is 0. The summed E-state index contributed by atoms with van der Waals surface area (Å²) in [7, 11) is 3.42. The molecule has 2 fully saturated rings. The highest BCUT2D eigenvalue weighted by Gasteiger charge is 2.51. The number of piperidine rings is 1. The molecule has 4 N–H and O–H groups in total. The van der Waals surface area contributed by atoms with Crippen LogP contribution in [-0.4, -0.2) is 93.8 Å². The third-order valence-corrected chi connectivity index (χ3v) is 5.76. The molecule has 0 aliphatic carbocycles. The number of carbonyl (C=O) groups excluding carboxylic acids is 2. The van der Waals surface area contributed by atoms with E-state index in [-0.39, 0.29) is 18.0 Å². The molecule has 0 spiro atoms. The van der Waals surface area contributed by atoms with Gasteiger partial charge in [-0.15, -0.1) is 0 Å². The first kappa shape index (κ1) is 25.2. The van der Waals surface area contributed by atoms with E-state index in [1.54, 1.807) is 24.3 Å². The molecule has 32 heavy (non-hydrogen) atoms. The zero-order valence-corrected chi connectivity index (χ0v) is 17.7. The molecule has 2 heterocycles. The van der Waals surface area contributed by atoms with E-state index in [0.717, 1.165) is 12.8 Å². The number of aliphatic hydroxyl groups is 2. The highest BCUT2D eigenvalue weighted by molar-refractivity contribution is 5.89. The minimum absolute atomic E-state index is 0.0970. The fourth-order valence-electron chi connectivity index (χ4n) is 4.04. The van der Waals surface area contributed by atoms with Crippen LogP contribution in [0.25, 0.3) is 0 Å². The molecule has 2 aliphatic rings. The van der Waals surface area contributed by atoms with E-state index in [1.165, 1.54) is 7.11 Å². The molecule has 0 amide bonds. The van der Waals surface area contributed by atoms with Crippen molar-refractivity contribution in [2.45, 2.75) is 49.7 Å². The van der Waals surface area contributed by atoms with Crippen LogP contribution < -0.4 is 0 Å². The number of carboxylic acids is 2. The number of fused-ring (bicyclic) bond motifs is 2. The first-order valence-electron chi connectivity index (χ1n) is 9.96. The molecule has 0 saturated carbocycles. The van der Waals surface area contributed by atoms with Crippen molar-refractivity contribution in [3.63, 3.8) is 0 Å². The smallest absolute Gasteiger partial charge is 0.338 e. The van der Waals surface area contributed by atoms with Crippen LogP contribution in [-0.2, 0) is 23.9 Å². The first-order chi connectivity index (χ1) is 15.1. The fourth-order valence-corrected chi connectivity index (χ4v) is 4.04. The van der Waals surface area contributed by atoms with Crippen LogP contribution in [0.5, 0.6) is 0 Å². The van der Waals surface area contributed by atoms with Gasteiger partial charge in [-0.1, -0.05) is 18.2 Å². The highest BCUT2D eigenvalue weighted by atomic mass is 16.6. The largest absolute Gasteiger partial charge is 0.479 e. The highest BCUT2D eigenvalue weighted by Crippen LogP contribution is 2.40. The molecule has 11 heteroatoms. The molecule has 3 rings (SSSR count). The van der Waals surface area contributed by atoms with E-state index in [2.05, 4.69) is 4.90 Å². The summed E-state index contributed by atoms with van der Waals surface area (Å²) in [5.41, 5.74) is 0.511. The third-order valence-electron chi connectivity index (χ3n) is 5.76. The van der Waals surface area contributed by atoms with Crippen LogP contribution >= 0.6 is 0 Å². The van der Waals surface area contributed by atoms with Crippen molar-refractivity contribution in [1.82, 2.24) is 4.90 Å². The molecule has 2 aliphatic heterocycles. The molecule has 1 aromatic rings. The second kappa shape index (κ2) is 11.0. The molecular formula is C21H27NO10. The predicted molar refractivity (Wildman–Crippen MR) is 108 cm³/mol. The summed E-state index contributed by atoms with van der Waals surface area (Å²) in [6, 6.07) is 9.36. The molecule has 0 radical (unpaired) electrons. The number of ether oxygens (including phenoxy) is 2. The number of aliphatic carboxylic acids is 2. The summed E-state index contributed by atoms with van der Waals surface area (Å²) in [5, 5.41) is 32.5. The minimum atomic E-state index is -2.27. The number of benzene rings is 1. The van der Waals surface area contributed by atoms with Gasteiger partial charge in [-0.2, -0.15) is 0 Å². The van der Waals surface area contributed by atoms with E-state index in [9.17, 15) is 19.2 Å². The number of aliphatic hydroxyl groups excluding tert-OH is 2. The van der Waals surface area contributed by atoms with Gasteiger partial charge in [0, 0.05) is 18.5 Å². The Bertz CT molecular complexity index is 811. The molecule has 6 atom stereocenters. The number of esters is 2. The van der Waals surface area contributed by atoms with Gasteiger partial charge in [-0.3, -0.25) is 9.69 Å². The Labute approximate surface area is 184 Å². The lowest BCUT2D eigenvalue weighted by atomic mass is 9.87. The monoisotopic (exact) mass is 453 g/mol. The zero-order chi connectivity index (χ0) is 24.0. The molecule has 176 valence electrons. The Morgan fingerprint density at radius 1 is 1.00 bits per heavy atom.